The molecule has 1 unspecified atom stereocenters. The van der Waals surface area contributed by atoms with E-state index in [9.17, 15) is 4.21 Å². The van der Waals surface area contributed by atoms with Crippen LogP contribution in [-0.2, 0) is 23.1 Å². The largest absolute Gasteiger partial charge is 0.398 e. The molecular formula is C12H15BrN4OS. The van der Waals surface area contributed by atoms with E-state index in [2.05, 4.69) is 32.9 Å². The summed E-state index contributed by atoms with van der Waals surface area (Å²) in [7, 11) is -1.22. The van der Waals surface area contributed by atoms with Crippen LogP contribution < -0.4 is 5.73 Å². The van der Waals surface area contributed by atoms with E-state index in [0.717, 1.165) is 23.3 Å². The maximum Gasteiger partial charge on any atom is 0.139 e. The van der Waals surface area contributed by atoms with Gasteiger partial charge in [0.25, 0.3) is 0 Å². The van der Waals surface area contributed by atoms with Crippen molar-refractivity contribution in [3.8, 4) is 0 Å². The molecule has 1 aromatic heterocycles. The fourth-order valence-electron chi connectivity index (χ4n) is 1.72. The van der Waals surface area contributed by atoms with Crippen LogP contribution in [0.4, 0.5) is 5.69 Å². The van der Waals surface area contributed by atoms with Gasteiger partial charge in [-0.3, -0.25) is 4.21 Å². The molecule has 0 amide bonds. The Balaban J connectivity index is 2.18. The van der Waals surface area contributed by atoms with E-state index in [0.29, 0.717) is 16.3 Å². The Bertz CT molecular complexity index is 599. The van der Waals surface area contributed by atoms with Crippen molar-refractivity contribution in [1.29, 1.82) is 0 Å². The number of halogens is 1. The highest BCUT2D eigenvalue weighted by Crippen LogP contribution is 2.23. The van der Waals surface area contributed by atoms with E-state index in [1.165, 1.54) is 6.33 Å². The molecule has 0 aliphatic rings. The summed E-state index contributed by atoms with van der Waals surface area (Å²) in [5, 5.41) is 4.12. The van der Waals surface area contributed by atoms with Crippen LogP contribution in [0.1, 0.15) is 19.2 Å². The third kappa shape index (κ3) is 3.42. The minimum absolute atomic E-state index is 0.325. The van der Waals surface area contributed by atoms with Crippen LogP contribution in [0.5, 0.6) is 0 Å². The number of anilines is 1. The molecule has 0 aliphatic heterocycles. The molecule has 1 atom stereocenters. The Hall–Kier alpha value is -1.21. The monoisotopic (exact) mass is 342 g/mol. The van der Waals surface area contributed by atoms with Gasteiger partial charge in [0.05, 0.1) is 21.4 Å². The Morgan fingerprint density at radius 2 is 2.26 bits per heavy atom. The third-order valence-corrected chi connectivity index (χ3v) is 4.48. The van der Waals surface area contributed by atoms with Crippen molar-refractivity contribution in [1.82, 2.24) is 14.8 Å². The molecule has 1 aromatic carbocycles. The summed E-state index contributed by atoms with van der Waals surface area (Å²) >= 11 is 3.33. The highest BCUT2D eigenvalue weighted by molar-refractivity contribution is 9.10. The summed E-state index contributed by atoms with van der Waals surface area (Å²) in [4.78, 5) is 4.79. The summed E-state index contributed by atoms with van der Waals surface area (Å²) in [6.07, 6.45) is 2.45. The molecule has 0 saturated carbocycles. The lowest BCUT2D eigenvalue weighted by atomic mass is 10.3. The lowest BCUT2D eigenvalue weighted by molar-refractivity contribution is 0.579. The van der Waals surface area contributed by atoms with Gasteiger partial charge in [0, 0.05) is 16.7 Å². The van der Waals surface area contributed by atoms with E-state index in [1.807, 2.05) is 6.07 Å². The van der Waals surface area contributed by atoms with Crippen LogP contribution in [0.25, 0.3) is 0 Å². The second kappa shape index (κ2) is 6.29. The molecule has 2 aromatic rings. The van der Waals surface area contributed by atoms with Crippen LogP contribution >= 0.6 is 15.9 Å². The number of nitrogens with zero attached hydrogens (tertiary/aromatic N) is 3. The van der Waals surface area contributed by atoms with Crippen LogP contribution in [0.2, 0.25) is 0 Å². The van der Waals surface area contributed by atoms with Gasteiger partial charge in [-0.2, -0.15) is 5.10 Å². The van der Waals surface area contributed by atoms with Crippen LogP contribution in [0, 0.1) is 0 Å². The van der Waals surface area contributed by atoms with Gasteiger partial charge in [0.15, 0.2) is 0 Å². The van der Waals surface area contributed by atoms with Gasteiger partial charge in [0.1, 0.15) is 12.2 Å². The Morgan fingerprint density at radius 1 is 1.47 bits per heavy atom. The summed E-state index contributed by atoms with van der Waals surface area (Å²) in [5.74, 6) is 1.05. The molecule has 0 bridgehead atoms. The van der Waals surface area contributed by atoms with Crippen molar-refractivity contribution in [3.05, 3.63) is 34.8 Å². The van der Waals surface area contributed by atoms with Crippen molar-refractivity contribution in [2.75, 3.05) is 5.73 Å². The number of nitrogen functional groups attached to an aromatic ring is 1. The van der Waals surface area contributed by atoms with Gasteiger partial charge >= 0.3 is 0 Å². The van der Waals surface area contributed by atoms with E-state index in [1.54, 1.807) is 16.8 Å². The highest BCUT2D eigenvalue weighted by atomic mass is 79.9. The highest BCUT2D eigenvalue weighted by Gasteiger charge is 2.13. The van der Waals surface area contributed by atoms with Crippen LogP contribution in [0.3, 0.4) is 0 Å². The summed E-state index contributed by atoms with van der Waals surface area (Å²) in [6.45, 7) is 2.84. The van der Waals surface area contributed by atoms with Crippen molar-refractivity contribution in [2.45, 2.75) is 30.5 Å². The average molecular weight is 343 g/mol. The number of hydrogen-bond donors (Lipinski definition) is 1. The maximum absolute atomic E-state index is 12.3. The molecule has 19 heavy (non-hydrogen) atoms. The first kappa shape index (κ1) is 14.2. The zero-order valence-electron chi connectivity index (χ0n) is 10.5. The Kier molecular flexibility index (Phi) is 4.71. The fraction of sp³-hybridized carbons (Fsp3) is 0.333. The first-order valence-corrected chi connectivity index (χ1v) is 8.03. The number of aryl methyl sites for hydroxylation is 1. The Morgan fingerprint density at radius 3 is 2.95 bits per heavy atom. The van der Waals surface area contributed by atoms with Gasteiger partial charge in [-0.05, 0) is 24.6 Å². The molecule has 0 fully saturated rings. The SMILES string of the molecule is CCCn1ncnc1CS(=O)c1ccc(Br)cc1N. The van der Waals surface area contributed by atoms with Crippen LogP contribution in [-0.4, -0.2) is 19.0 Å². The zero-order chi connectivity index (χ0) is 13.8. The number of rotatable bonds is 5. The van der Waals surface area contributed by atoms with Crippen molar-refractivity contribution >= 4 is 32.4 Å². The molecule has 2 N–H and O–H groups in total. The van der Waals surface area contributed by atoms with Gasteiger partial charge in [-0.1, -0.05) is 22.9 Å². The normalized spacial score (nSPS) is 12.5. The van der Waals surface area contributed by atoms with E-state index in [4.69, 9.17) is 5.73 Å². The number of aromatic nitrogens is 3. The second-order valence-corrected chi connectivity index (χ2v) is 6.41. The Labute approximate surface area is 122 Å². The lowest BCUT2D eigenvalue weighted by Crippen LogP contribution is -2.09. The van der Waals surface area contributed by atoms with Gasteiger partial charge in [-0.25, -0.2) is 9.67 Å². The second-order valence-electron chi connectivity index (χ2n) is 4.07. The summed E-state index contributed by atoms with van der Waals surface area (Å²) < 4.78 is 15.0. The standard InChI is InChI=1S/C12H15BrN4OS/c1-2-5-17-12(15-8-16-17)7-19(18)11-4-3-9(13)6-10(11)14/h3-4,6,8H,2,5,7,14H2,1H3. The number of nitrogens with two attached hydrogens (primary N) is 1. The first-order valence-electron chi connectivity index (χ1n) is 5.92. The third-order valence-electron chi connectivity index (χ3n) is 2.61. The maximum atomic E-state index is 12.3. The van der Waals surface area contributed by atoms with Gasteiger partial charge in [-0.15, -0.1) is 0 Å². The molecule has 5 nitrogen and oxygen atoms in total. The zero-order valence-corrected chi connectivity index (χ0v) is 12.9. The lowest BCUT2D eigenvalue weighted by Gasteiger charge is -2.07. The molecule has 0 spiro atoms. The predicted molar refractivity (Wildman–Crippen MR) is 79.0 cm³/mol. The average Bonchev–Trinajstić information content (AvgIpc) is 2.77. The molecule has 2 rings (SSSR count). The van der Waals surface area contributed by atoms with E-state index in [-0.39, 0.29) is 0 Å². The van der Waals surface area contributed by atoms with Gasteiger partial charge < -0.3 is 5.73 Å². The van der Waals surface area contributed by atoms with Crippen molar-refractivity contribution in [3.63, 3.8) is 0 Å². The van der Waals surface area contributed by atoms with Crippen LogP contribution in [0.15, 0.2) is 33.9 Å². The molecular weight excluding hydrogens is 328 g/mol. The molecule has 1 heterocycles. The molecule has 102 valence electrons. The number of hydrogen-bond acceptors (Lipinski definition) is 4. The van der Waals surface area contributed by atoms with Gasteiger partial charge in [0.2, 0.25) is 0 Å². The smallest absolute Gasteiger partial charge is 0.139 e. The van der Waals surface area contributed by atoms with E-state index < -0.39 is 10.8 Å². The van der Waals surface area contributed by atoms with Crippen molar-refractivity contribution < 1.29 is 4.21 Å². The topological polar surface area (TPSA) is 73.8 Å². The minimum atomic E-state index is -1.22. The quantitative estimate of drug-likeness (QED) is 0.846. The molecule has 7 heteroatoms. The fourth-order valence-corrected chi connectivity index (χ4v) is 3.25. The predicted octanol–water partition coefficient (Wildman–Crippen LogP) is 2.34. The molecule has 0 aliphatic carbocycles. The summed E-state index contributed by atoms with van der Waals surface area (Å²) in [6, 6.07) is 5.36. The molecule has 0 radical (unpaired) electrons. The number of benzene rings is 1. The van der Waals surface area contributed by atoms with Crippen molar-refractivity contribution in [2.24, 2.45) is 0 Å². The summed E-state index contributed by atoms with van der Waals surface area (Å²) in [5.41, 5.74) is 6.40. The minimum Gasteiger partial charge on any atom is -0.398 e. The first-order chi connectivity index (χ1) is 9.11. The molecule has 0 saturated heterocycles. The van der Waals surface area contributed by atoms with E-state index >= 15 is 0 Å².